The second-order valence-electron chi connectivity index (χ2n) is 4.70. The third kappa shape index (κ3) is 2.53. The fourth-order valence-corrected chi connectivity index (χ4v) is 2.52. The Kier molecular flexibility index (Phi) is 3.97. The number of halogens is 1. The van der Waals surface area contributed by atoms with Crippen LogP contribution in [0.3, 0.4) is 0 Å². The number of carbonyl (C=O) groups is 1. The fraction of sp³-hybridized carbons (Fsp3) is 0.500. The molecule has 1 aromatic carbocycles. The molecule has 0 aromatic heterocycles. The Bertz CT molecular complexity index is 436. The molecule has 0 bridgehead atoms. The second kappa shape index (κ2) is 5.48. The van der Waals surface area contributed by atoms with Crippen molar-refractivity contribution in [1.82, 2.24) is 4.90 Å². The molecule has 2 rings (SSSR count). The van der Waals surface area contributed by atoms with Gasteiger partial charge in [0.15, 0.2) is 0 Å². The molecule has 4 heteroatoms. The van der Waals surface area contributed by atoms with Crippen LogP contribution >= 0.6 is 0 Å². The molecule has 2 atom stereocenters. The van der Waals surface area contributed by atoms with Crippen molar-refractivity contribution in [2.24, 2.45) is 0 Å². The van der Waals surface area contributed by atoms with Gasteiger partial charge in [-0.25, -0.2) is 4.39 Å². The summed E-state index contributed by atoms with van der Waals surface area (Å²) < 4.78 is 18.4. The molecule has 1 aromatic rings. The second-order valence-corrected chi connectivity index (χ2v) is 4.70. The van der Waals surface area contributed by atoms with Crippen LogP contribution in [-0.2, 0) is 9.53 Å². The number of carbonyl (C=O) groups excluding carboxylic acids is 1. The van der Waals surface area contributed by atoms with Crippen molar-refractivity contribution in [1.29, 1.82) is 0 Å². The topological polar surface area (TPSA) is 29.5 Å². The Labute approximate surface area is 107 Å². The molecule has 0 N–H and O–H groups in total. The molecule has 3 nitrogen and oxygen atoms in total. The SMILES string of the molecule is COC(=O)[C@H](C)N1CC[C@@H](c2ccccc2F)C1. The zero-order valence-corrected chi connectivity index (χ0v) is 10.7. The highest BCUT2D eigenvalue weighted by molar-refractivity contribution is 5.75. The predicted molar refractivity (Wildman–Crippen MR) is 66.8 cm³/mol. The van der Waals surface area contributed by atoms with Crippen molar-refractivity contribution in [2.75, 3.05) is 20.2 Å². The lowest BCUT2D eigenvalue weighted by Crippen LogP contribution is -2.37. The molecule has 1 saturated heterocycles. The highest BCUT2D eigenvalue weighted by Gasteiger charge is 2.31. The van der Waals surface area contributed by atoms with Crippen LogP contribution in [0.5, 0.6) is 0 Å². The van der Waals surface area contributed by atoms with Crippen LogP contribution in [0.25, 0.3) is 0 Å². The van der Waals surface area contributed by atoms with Crippen LogP contribution < -0.4 is 0 Å². The number of esters is 1. The van der Waals surface area contributed by atoms with Gasteiger partial charge < -0.3 is 4.74 Å². The van der Waals surface area contributed by atoms with Crippen molar-refractivity contribution in [3.63, 3.8) is 0 Å². The number of likely N-dealkylation sites (tertiary alicyclic amines) is 1. The summed E-state index contributed by atoms with van der Waals surface area (Å²) in [4.78, 5) is 13.5. The van der Waals surface area contributed by atoms with E-state index in [0.717, 1.165) is 18.5 Å². The van der Waals surface area contributed by atoms with Crippen LogP contribution in [0.4, 0.5) is 4.39 Å². The molecule has 1 aliphatic heterocycles. The Morgan fingerprint density at radius 1 is 1.50 bits per heavy atom. The van der Waals surface area contributed by atoms with E-state index in [2.05, 4.69) is 0 Å². The molecule has 1 aliphatic rings. The van der Waals surface area contributed by atoms with Crippen LogP contribution in [0.1, 0.15) is 24.8 Å². The highest BCUT2D eigenvalue weighted by atomic mass is 19.1. The van der Waals surface area contributed by atoms with Gasteiger partial charge in [0.05, 0.1) is 7.11 Å². The molecule has 1 heterocycles. The first-order chi connectivity index (χ1) is 8.63. The van der Waals surface area contributed by atoms with E-state index in [-0.39, 0.29) is 23.7 Å². The molecule has 98 valence electrons. The van der Waals surface area contributed by atoms with Crippen LogP contribution in [0.2, 0.25) is 0 Å². The Balaban J connectivity index is 2.05. The number of benzene rings is 1. The van der Waals surface area contributed by atoms with Gasteiger partial charge in [-0.05, 0) is 31.5 Å². The molecule has 0 aliphatic carbocycles. The van der Waals surface area contributed by atoms with Gasteiger partial charge in [-0.15, -0.1) is 0 Å². The number of methoxy groups -OCH3 is 1. The van der Waals surface area contributed by atoms with Gasteiger partial charge in [0.2, 0.25) is 0 Å². The summed E-state index contributed by atoms with van der Waals surface area (Å²) in [5.41, 5.74) is 0.747. The van der Waals surface area contributed by atoms with Crippen molar-refractivity contribution in [3.05, 3.63) is 35.6 Å². The minimum absolute atomic E-state index is 0.157. The highest BCUT2D eigenvalue weighted by Crippen LogP contribution is 2.30. The summed E-state index contributed by atoms with van der Waals surface area (Å²) in [5.74, 6) is -0.224. The maximum Gasteiger partial charge on any atom is 0.322 e. The van der Waals surface area contributed by atoms with E-state index in [9.17, 15) is 9.18 Å². The molecule has 18 heavy (non-hydrogen) atoms. The van der Waals surface area contributed by atoms with E-state index in [1.807, 2.05) is 24.0 Å². The predicted octanol–water partition coefficient (Wildman–Crippen LogP) is 2.18. The first-order valence-corrected chi connectivity index (χ1v) is 6.19. The summed E-state index contributed by atoms with van der Waals surface area (Å²) >= 11 is 0. The number of ether oxygens (including phenoxy) is 1. The van der Waals surface area contributed by atoms with E-state index in [0.29, 0.717) is 6.54 Å². The van der Waals surface area contributed by atoms with Crippen molar-refractivity contribution in [2.45, 2.75) is 25.3 Å². The third-order valence-corrected chi connectivity index (χ3v) is 3.65. The van der Waals surface area contributed by atoms with Crippen molar-refractivity contribution in [3.8, 4) is 0 Å². The van der Waals surface area contributed by atoms with Gasteiger partial charge in [0, 0.05) is 12.5 Å². The minimum atomic E-state index is -0.258. The van der Waals surface area contributed by atoms with Gasteiger partial charge in [0.25, 0.3) is 0 Å². The zero-order chi connectivity index (χ0) is 13.1. The molecule has 0 unspecified atom stereocenters. The van der Waals surface area contributed by atoms with Crippen molar-refractivity contribution >= 4 is 5.97 Å². The maximum atomic E-state index is 13.7. The molecular weight excluding hydrogens is 233 g/mol. The summed E-state index contributed by atoms with van der Waals surface area (Å²) in [6.45, 7) is 3.34. The largest absolute Gasteiger partial charge is 0.468 e. The van der Waals surface area contributed by atoms with Gasteiger partial charge in [-0.3, -0.25) is 9.69 Å². The maximum absolute atomic E-state index is 13.7. The zero-order valence-electron chi connectivity index (χ0n) is 10.7. The lowest BCUT2D eigenvalue weighted by Gasteiger charge is -2.22. The summed E-state index contributed by atoms with van der Waals surface area (Å²) in [5, 5.41) is 0. The average Bonchev–Trinajstić information content (AvgIpc) is 2.87. The average molecular weight is 251 g/mol. The first-order valence-electron chi connectivity index (χ1n) is 6.19. The number of rotatable bonds is 3. The fourth-order valence-electron chi connectivity index (χ4n) is 2.52. The van der Waals surface area contributed by atoms with Crippen LogP contribution in [0, 0.1) is 5.82 Å². The summed E-state index contributed by atoms with van der Waals surface area (Å²) in [6.07, 6.45) is 0.877. The molecule has 0 saturated carbocycles. The molecule has 0 spiro atoms. The molecular formula is C14H18FNO2. The van der Waals surface area contributed by atoms with E-state index >= 15 is 0 Å². The Hall–Kier alpha value is -1.42. The Morgan fingerprint density at radius 3 is 2.89 bits per heavy atom. The van der Waals surface area contributed by atoms with Crippen LogP contribution in [-0.4, -0.2) is 37.1 Å². The Morgan fingerprint density at radius 2 is 2.22 bits per heavy atom. The smallest absolute Gasteiger partial charge is 0.322 e. The first kappa shape index (κ1) is 13.0. The molecule has 1 fully saturated rings. The quantitative estimate of drug-likeness (QED) is 0.771. The van der Waals surface area contributed by atoms with E-state index < -0.39 is 0 Å². The standard InChI is InChI=1S/C14H18FNO2/c1-10(14(17)18-2)16-8-7-11(9-16)12-5-3-4-6-13(12)15/h3-6,10-11H,7-9H2,1-2H3/t10-,11+/m0/s1. The summed E-state index contributed by atoms with van der Waals surface area (Å²) in [7, 11) is 1.39. The van der Waals surface area contributed by atoms with E-state index in [1.54, 1.807) is 6.07 Å². The lowest BCUT2D eigenvalue weighted by atomic mass is 9.98. The molecule has 0 amide bonds. The van der Waals surface area contributed by atoms with E-state index in [1.165, 1.54) is 13.2 Å². The van der Waals surface area contributed by atoms with Gasteiger partial charge in [-0.2, -0.15) is 0 Å². The van der Waals surface area contributed by atoms with Crippen molar-refractivity contribution < 1.29 is 13.9 Å². The van der Waals surface area contributed by atoms with E-state index in [4.69, 9.17) is 4.74 Å². The van der Waals surface area contributed by atoms with Gasteiger partial charge in [-0.1, -0.05) is 18.2 Å². The number of nitrogens with zero attached hydrogens (tertiary/aromatic N) is 1. The van der Waals surface area contributed by atoms with Gasteiger partial charge in [0.1, 0.15) is 11.9 Å². The minimum Gasteiger partial charge on any atom is -0.468 e. The molecule has 0 radical (unpaired) electrons. The normalized spacial score (nSPS) is 21.8. The third-order valence-electron chi connectivity index (χ3n) is 3.65. The van der Waals surface area contributed by atoms with Gasteiger partial charge >= 0.3 is 5.97 Å². The van der Waals surface area contributed by atoms with Crippen LogP contribution in [0.15, 0.2) is 24.3 Å². The number of hydrogen-bond acceptors (Lipinski definition) is 3. The lowest BCUT2D eigenvalue weighted by molar-refractivity contribution is -0.145. The summed E-state index contributed by atoms with van der Waals surface area (Å²) in [6, 6.07) is 6.60. The number of hydrogen-bond donors (Lipinski definition) is 0. The monoisotopic (exact) mass is 251 g/mol.